The molecule has 0 aromatic rings. The van der Waals surface area contributed by atoms with E-state index >= 15 is 0 Å². The van der Waals surface area contributed by atoms with Gasteiger partial charge in [0.05, 0.1) is 0 Å². The molecule has 2 nitrogen and oxygen atoms in total. The molecule has 0 aliphatic heterocycles. The second kappa shape index (κ2) is 10.4. The van der Waals surface area contributed by atoms with Crippen LogP contribution in [-0.2, 0) is 4.74 Å². The molecular weight excluding hydrogens is 208 g/mol. The number of halogens is 1. The van der Waals surface area contributed by atoms with Crippen LogP contribution in [0.1, 0.15) is 25.7 Å². The first-order chi connectivity index (χ1) is 5.41. The standard InChI is InChI=1S/C8H17BrO2/c9-5-2-1-3-7-11-8-4-6-10/h10H,1-8H2. The minimum atomic E-state index is 0.238. The molecule has 0 spiro atoms. The van der Waals surface area contributed by atoms with E-state index in [9.17, 15) is 0 Å². The minimum Gasteiger partial charge on any atom is -0.396 e. The summed E-state index contributed by atoms with van der Waals surface area (Å²) in [4.78, 5) is 0. The van der Waals surface area contributed by atoms with E-state index in [2.05, 4.69) is 15.9 Å². The van der Waals surface area contributed by atoms with Crippen LogP contribution in [0.15, 0.2) is 0 Å². The third kappa shape index (κ3) is 10.4. The summed E-state index contributed by atoms with van der Waals surface area (Å²) in [7, 11) is 0. The van der Waals surface area contributed by atoms with Gasteiger partial charge in [0.2, 0.25) is 0 Å². The first kappa shape index (κ1) is 11.4. The van der Waals surface area contributed by atoms with Crippen LogP contribution in [0.2, 0.25) is 0 Å². The molecule has 68 valence electrons. The fourth-order valence-electron chi connectivity index (χ4n) is 0.744. The smallest absolute Gasteiger partial charge is 0.0487 e. The van der Waals surface area contributed by atoms with E-state index in [0.29, 0.717) is 6.61 Å². The van der Waals surface area contributed by atoms with Crippen molar-refractivity contribution in [3.05, 3.63) is 0 Å². The van der Waals surface area contributed by atoms with Gasteiger partial charge in [-0.15, -0.1) is 0 Å². The number of alkyl halides is 1. The van der Waals surface area contributed by atoms with Gasteiger partial charge >= 0.3 is 0 Å². The lowest BCUT2D eigenvalue weighted by Gasteiger charge is -2.01. The maximum atomic E-state index is 8.42. The Balaban J connectivity index is 2.69. The van der Waals surface area contributed by atoms with Crippen molar-refractivity contribution in [3.63, 3.8) is 0 Å². The average Bonchev–Trinajstić information content (AvgIpc) is 2.03. The number of hydrogen-bond donors (Lipinski definition) is 1. The second-order valence-electron chi connectivity index (χ2n) is 2.44. The van der Waals surface area contributed by atoms with Crippen molar-refractivity contribution in [2.75, 3.05) is 25.2 Å². The summed E-state index contributed by atoms with van der Waals surface area (Å²) in [6, 6.07) is 0. The van der Waals surface area contributed by atoms with Gasteiger partial charge in [0.1, 0.15) is 0 Å². The van der Waals surface area contributed by atoms with Crippen LogP contribution in [0.5, 0.6) is 0 Å². The quantitative estimate of drug-likeness (QED) is 0.505. The molecule has 0 aliphatic carbocycles. The van der Waals surface area contributed by atoms with E-state index in [0.717, 1.165) is 24.8 Å². The number of rotatable bonds is 8. The van der Waals surface area contributed by atoms with Gasteiger partial charge in [-0.1, -0.05) is 22.4 Å². The number of ether oxygens (including phenoxy) is 1. The number of hydrogen-bond acceptors (Lipinski definition) is 2. The number of unbranched alkanes of at least 4 members (excludes halogenated alkanes) is 2. The molecule has 3 heteroatoms. The van der Waals surface area contributed by atoms with Crippen LogP contribution < -0.4 is 0 Å². The molecule has 1 N–H and O–H groups in total. The second-order valence-corrected chi connectivity index (χ2v) is 3.23. The van der Waals surface area contributed by atoms with Crippen molar-refractivity contribution < 1.29 is 9.84 Å². The molecule has 0 amide bonds. The highest BCUT2D eigenvalue weighted by Crippen LogP contribution is 1.98. The van der Waals surface area contributed by atoms with E-state index in [1.165, 1.54) is 12.8 Å². The molecule has 0 saturated heterocycles. The summed E-state index contributed by atoms with van der Waals surface area (Å²) in [5.74, 6) is 0. The Hall–Kier alpha value is 0.400. The third-order valence-corrected chi connectivity index (χ3v) is 1.93. The average molecular weight is 225 g/mol. The SMILES string of the molecule is OCCCOCCCCCBr. The lowest BCUT2D eigenvalue weighted by atomic mass is 10.3. The molecule has 11 heavy (non-hydrogen) atoms. The molecule has 0 unspecified atom stereocenters. The van der Waals surface area contributed by atoms with Crippen LogP contribution in [0, 0.1) is 0 Å². The van der Waals surface area contributed by atoms with Crippen molar-refractivity contribution >= 4 is 15.9 Å². The van der Waals surface area contributed by atoms with E-state index < -0.39 is 0 Å². The molecule has 0 radical (unpaired) electrons. The summed E-state index contributed by atoms with van der Waals surface area (Å²) in [5.41, 5.74) is 0. The van der Waals surface area contributed by atoms with Crippen LogP contribution in [0.3, 0.4) is 0 Å². The Morgan fingerprint density at radius 2 is 1.73 bits per heavy atom. The first-order valence-electron chi connectivity index (χ1n) is 4.16. The molecule has 0 aromatic carbocycles. The molecule has 0 rings (SSSR count). The zero-order valence-corrected chi connectivity index (χ0v) is 8.48. The third-order valence-electron chi connectivity index (χ3n) is 1.37. The summed E-state index contributed by atoms with van der Waals surface area (Å²) in [5, 5.41) is 9.51. The Kier molecular flexibility index (Phi) is 10.8. The topological polar surface area (TPSA) is 29.5 Å². The predicted octanol–water partition coefficient (Wildman–Crippen LogP) is 1.95. The van der Waals surface area contributed by atoms with Crippen LogP contribution in [0.25, 0.3) is 0 Å². The molecule has 0 saturated carbocycles. The van der Waals surface area contributed by atoms with E-state index in [4.69, 9.17) is 9.84 Å². The monoisotopic (exact) mass is 224 g/mol. The van der Waals surface area contributed by atoms with Crippen molar-refractivity contribution in [1.29, 1.82) is 0 Å². The van der Waals surface area contributed by atoms with Crippen molar-refractivity contribution in [2.45, 2.75) is 25.7 Å². The Morgan fingerprint density at radius 1 is 1.00 bits per heavy atom. The van der Waals surface area contributed by atoms with Crippen molar-refractivity contribution in [3.8, 4) is 0 Å². The van der Waals surface area contributed by atoms with Gasteiger partial charge in [-0.3, -0.25) is 0 Å². The summed E-state index contributed by atoms with van der Waals surface area (Å²) in [6.45, 7) is 1.78. The molecule has 0 fully saturated rings. The van der Waals surface area contributed by atoms with Gasteiger partial charge in [-0.25, -0.2) is 0 Å². The number of aliphatic hydroxyl groups excluding tert-OH is 1. The largest absolute Gasteiger partial charge is 0.396 e. The molecule has 0 heterocycles. The summed E-state index contributed by atoms with van der Waals surface area (Å²) < 4.78 is 5.25. The Labute approximate surface area is 77.1 Å². The molecular formula is C8H17BrO2. The fourth-order valence-corrected chi connectivity index (χ4v) is 1.14. The van der Waals surface area contributed by atoms with Crippen molar-refractivity contribution in [1.82, 2.24) is 0 Å². The van der Waals surface area contributed by atoms with Gasteiger partial charge in [-0.05, 0) is 19.3 Å². The van der Waals surface area contributed by atoms with Gasteiger partial charge in [-0.2, -0.15) is 0 Å². The zero-order valence-electron chi connectivity index (χ0n) is 6.89. The molecule has 0 atom stereocenters. The highest BCUT2D eigenvalue weighted by atomic mass is 79.9. The summed E-state index contributed by atoms with van der Waals surface area (Å²) >= 11 is 3.37. The highest BCUT2D eigenvalue weighted by molar-refractivity contribution is 9.09. The molecule has 0 bridgehead atoms. The van der Waals surface area contributed by atoms with Crippen LogP contribution in [0.4, 0.5) is 0 Å². The minimum absolute atomic E-state index is 0.238. The predicted molar refractivity (Wildman–Crippen MR) is 50.2 cm³/mol. The van der Waals surface area contributed by atoms with E-state index in [-0.39, 0.29) is 6.61 Å². The van der Waals surface area contributed by atoms with Crippen LogP contribution >= 0.6 is 15.9 Å². The Bertz CT molecular complexity index is 61.1. The van der Waals surface area contributed by atoms with Gasteiger partial charge in [0.25, 0.3) is 0 Å². The lowest BCUT2D eigenvalue weighted by molar-refractivity contribution is 0.113. The maximum Gasteiger partial charge on any atom is 0.0487 e. The fraction of sp³-hybridized carbons (Fsp3) is 1.00. The normalized spacial score (nSPS) is 10.4. The first-order valence-corrected chi connectivity index (χ1v) is 5.28. The highest BCUT2D eigenvalue weighted by Gasteiger charge is 1.88. The van der Waals surface area contributed by atoms with E-state index in [1.807, 2.05) is 0 Å². The molecule has 0 aromatic heterocycles. The van der Waals surface area contributed by atoms with Crippen LogP contribution in [-0.4, -0.2) is 30.3 Å². The van der Waals surface area contributed by atoms with Gasteiger partial charge < -0.3 is 9.84 Å². The van der Waals surface area contributed by atoms with Crippen molar-refractivity contribution in [2.24, 2.45) is 0 Å². The lowest BCUT2D eigenvalue weighted by Crippen LogP contribution is -1.98. The van der Waals surface area contributed by atoms with E-state index in [1.54, 1.807) is 0 Å². The summed E-state index contributed by atoms with van der Waals surface area (Å²) in [6.07, 6.45) is 4.35. The Morgan fingerprint density at radius 3 is 2.36 bits per heavy atom. The zero-order chi connectivity index (χ0) is 8.36. The maximum absolute atomic E-state index is 8.42. The number of aliphatic hydroxyl groups is 1. The van der Waals surface area contributed by atoms with Gasteiger partial charge in [0.15, 0.2) is 0 Å². The van der Waals surface area contributed by atoms with Gasteiger partial charge in [0, 0.05) is 25.2 Å². The molecule has 0 aliphatic rings.